The Morgan fingerprint density at radius 1 is 1.35 bits per heavy atom. The fourth-order valence-corrected chi connectivity index (χ4v) is 3.12. The largest absolute Gasteiger partial charge is 0.496 e. The van der Waals surface area contributed by atoms with E-state index in [1.165, 1.54) is 25.3 Å². The lowest BCUT2D eigenvalue weighted by Crippen LogP contribution is -2.47. The molecular formula is C19H20F3N5O4. The molecular weight excluding hydrogens is 419 g/mol. The molecule has 166 valence electrons. The van der Waals surface area contributed by atoms with E-state index in [-0.39, 0.29) is 34.5 Å². The van der Waals surface area contributed by atoms with E-state index in [0.29, 0.717) is 0 Å². The first-order valence-corrected chi connectivity index (χ1v) is 9.13. The number of fused-ring (bicyclic) bond motifs is 1. The van der Waals surface area contributed by atoms with Gasteiger partial charge < -0.3 is 25.0 Å². The zero-order valence-corrected chi connectivity index (χ0v) is 17.1. The van der Waals surface area contributed by atoms with Crippen molar-refractivity contribution in [1.82, 2.24) is 9.97 Å². The number of carbonyl (C=O) groups is 2. The number of carboxylic acids is 1. The molecule has 1 aliphatic heterocycles. The van der Waals surface area contributed by atoms with Crippen LogP contribution in [0.25, 0.3) is 0 Å². The summed E-state index contributed by atoms with van der Waals surface area (Å²) < 4.78 is 48.1. The Kier molecular flexibility index (Phi) is 5.66. The number of carbonyl (C=O) groups excluding carboxylic acids is 1. The maximum Gasteiger partial charge on any atom is 0.342 e. The van der Waals surface area contributed by atoms with Gasteiger partial charge in [0.2, 0.25) is 5.95 Å². The Morgan fingerprint density at radius 3 is 2.61 bits per heavy atom. The highest BCUT2D eigenvalue weighted by Crippen LogP contribution is 2.37. The van der Waals surface area contributed by atoms with Crippen LogP contribution in [-0.4, -0.2) is 59.6 Å². The van der Waals surface area contributed by atoms with Crippen LogP contribution in [0.1, 0.15) is 24.2 Å². The molecule has 2 aromatic rings. The first-order chi connectivity index (χ1) is 14.5. The number of benzene rings is 1. The van der Waals surface area contributed by atoms with Gasteiger partial charge in [-0.25, -0.2) is 14.2 Å². The first-order valence-electron chi connectivity index (χ1n) is 9.13. The summed E-state index contributed by atoms with van der Waals surface area (Å²) in [5.41, 5.74) is -0.483. The van der Waals surface area contributed by atoms with E-state index in [2.05, 4.69) is 15.3 Å². The van der Waals surface area contributed by atoms with E-state index in [1.54, 1.807) is 13.8 Å². The van der Waals surface area contributed by atoms with Crippen LogP contribution in [-0.2, 0) is 4.79 Å². The lowest BCUT2D eigenvalue weighted by atomic mass is 10.1. The second kappa shape index (κ2) is 7.93. The minimum absolute atomic E-state index is 0.0649. The number of nitrogens with one attached hydrogen (secondary N) is 1. The molecule has 0 spiro atoms. The molecule has 1 amide bonds. The molecule has 1 aromatic heterocycles. The number of amides is 1. The van der Waals surface area contributed by atoms with E-state index < -0.39 is 36.2 Å². The van der Waals surface area contributed by atoms with E-state index in [4.69, 9.17) is 9.84 Å². The summed E-state index contributed by atoms with van der Waals surface area (Å²) in [5, 5.41) is 11.7. The summed E-state index contributed by atoms with van der Waals surface area (Å²) in [6.07, 6.45) is 1.18. The molecule has 31 heavy (non-hydrogen) atoms. The van der Waals surface area contributed by atoms with Gasteiger partial charge in [-0.2, -0.15) is 13.8 Å². The van der Waals surface area contributed by atoms with Crippen LogP contribution in [0.15, 0.2) is 18.3 Å². The highest BCUT2D eigenvalue weighted by Gasteiger charge is 2.47. The van der Waals surface area contributed by atoms with Crippen molar-refractivity contribution in [1.29, 1.82) is 0 Å². The number of anilines is 4. The number of nitrogens with zero attached hydrogens (tertiary/aromatic N) is 4. The summed E-state index contributed by atoms with van der Waals surface area (Å²) in [7, 11) is 2.43. The van der Waals surface area contributed by atoms with E-state index in [1.807, 2.05) is 0 Å². The van der Waals surface area contributed by atoms with Gasteiger partial charge >= 0.3 is 11.9 Å². The predicted octanol–water partition coefficient (Wildman–Crippen LogP) is 2.89. The number of hydrogen-bond donors (Lipinski definition) is 2. The molecule has 0 bridgehead atoms. The zero-order valence-electron chi connectivity index (χ0n) is 17.1. The molecule has 1 aliphatic rings. The van der Waals surface area contributed by atoms with Gasteiger partial charge in [0.15, 0.2) is 5.82 Å². The average molecular weight is 439 g/mol. The van der Waals surface area contributed by atoms with Crippen molar-refractivity contribution in [3.63, 3.8) is 0 Å². The number of ether oxygens (including phenoxy) is 1. The summed E-state index contributed by atoms with van der Waals surface area (Å²) in [6, 6.07) is 1.47. The smallest absolute Gasteiger partial charge is 0.342 e. The van der Waals surface area contributed by atoms with Gasteiger partial charge in [0.25, 0.3) is 5.91 Å². The zero-order chi connectivity index (χ0) is 23.1. The highest BCUT2D eigenvalue weighted by molar-refractivity contribution is 6.02. The fraction of sp³-hybridized carbons (Fsp3) is 0.368. The molecule has 2 heterocycles. The van der Waals surface area contributed by atoms with Crippen molar-refractivity contribution in [3.05, 3.63) is 29.7 Å². The van der Waals surface area contributed by atoms with Crippen molar-refractivity contribution in [2.75, 3.05) is 35.8 Å². The lowest BCUT2D eigenvalue weighted by molar-refractivity contribution is -0.140. The third-order valence-electron chi connectivity index (χ3n) is 4.76. The Balaban J connectivity index is 2.06. The number of alkyl halides is 2. The van der Waals surface area contributed by atoms with Gasteiger partial charge in [-0.15, -0.1) is 0 Å². The number of aromatic nitrogens is 2. The van der Waals surface area contributed by atoms with Crippen molar-refractivity contribution in [2.24, 2.45) is 0 Å². The predicted molar refractivity (Wildman–Crippen MR) is 106 cm³/mol. The molecule has 0 atom stereocenters. The van der Waals surface area contributed by atoms with Crippen LogP contribution in [0.4, 0.5) is 36.3 Å². The van der Waals surface area contributed by atoms with Crippen molar-refractivity contribution < 1.29 is 32.6 Å². The van der Waals surface area contributed by atoms with Crippen LogP contribution in [0.2, 0.25) is 0 Å². The van der Waals surface area contributed by atoms with Crippen molar-refractivity contribution in [2.45, 2.75) is 25.8 Å². The SMILES string of the molecule is COc1cc(Nc2ncc3c(n2)N(C(C)C)CC(F)(F)C(=O)N3C)c(F)cc1C(=O)O. The van der Waals surface area contributed by atoms with Crippen LogP contribution in [0.5, 0.6) is 5.75 Å². The third kappa shape index (κ3) is 4.05. The van der Waals surface area contributed by atoms with Crippen LogP contribution in [0.3, 0.4) is 0 Å². The normalized spacial score (nSPS) is 15.5. The summed E-state index contributed by atoms with van der Waals surface area (Å²) >= 11 is 0. The molecule has 0 radical (unpaired) electrons. The molecule has 0 unspecified atom stereocenters. The van der Waals surface area contributed by atoms with Crippen molar-refractivity contribution >= 4 is 35.0 Å². The quantitative estimate of drug-likeness (QED) is 0.732. The molecule has 2 N–H and O–H groups in total. The Morgan fingerprint density at radius 2 is 2.03 bits per heavy atom. The molecule has 12 heteroatoms. The molecule has 0 saturated carbocycles. The van der Waals surface area contributed by atoms with Gasteiger partial charge in [-0.3, -0.25) is 4.79 Å². The molecule has 0 aliphatic carbocycles. The number of halogens is 3. The summed E-state index contributed by atoms with van der Waals surface area (Å²) in [4.78, 5) is 33.6. The third-order valence-corrected chi connectivity index (χ3v) is 4.76. The maximum absolute atomic E-state index is 14.4. The molecule has 0 fully saturated rings. The molecule has 1 aromatic carbocycles. The van der Waals surface area contributed by atoms with Gasteiger partial charge in [-0.1, -0.05) is 0 Å². The second-order valence-corrected chi connectivity index (χ2v) is 7.16. The standard InChI is InChI=1S/C19H20F3N5O4/c1-9(2)27-8-19(21,22)17(30)26(3)13-7-23-18(25-15(13)27)24-12-6-14(31-4)10(16(28)29)5-11(12)20/h5-7,9H,8H2,1-4H3,(H,28,29)(H,23,24,25). The van der Waals surface area contributed by atoms with Gasteiger partial charge in [0.1, 0.15) is 22.8 Å². The monoisotopic (exact) mass is 439 g/mol. The summed E-state index contributed by atoms with van der Waals surface area (Å²) in [5.74, 6) is -7.48. The topological polar surface area (TPSA) is 108 Å². The van der Waals surface area contributed by atoms with Crippen LogP contribution < -0.4 is 19.9 Å². The molecule has 0 saturated heterocycles. The van der Waals surface area contributed by atoms with Crippen LogP contribution in [0, 0.1) is 5.82 Å². The Hall–Kier alpha value is -3.57. The average Bonchev–Trinajstić information content (AvgIpc) is 2.78. The van der Waals surface area contributed by atoms with E-state index >= 15 is 0 Å². The lowest BCUT2D eigenvalue weighted by Gasteiger charge is -2.29. The van der Waals surface area contributed by atoms with Crippen LogP contribution >= 0.6 is 0 Å². The van der Waals surface area contributed by atoms with E-state index in [9.17, 15) is 22.8 Å². The Labute approximate surface area is 175 Å². The number of aromatic carboxylic acids is 1. The second-order valence-electron chi connectivity index (χ2n) is 7.16. The van der Waals surface area contributed by atoms with Gasteiger partial charge in [-0.05, 0) is 19.9 Å². The minimum atomic E-state index is -3.64. The van der Waals surface area contributed by atoms with Crippen molar-refractivity contribution in [3.8, 4) is 5.75 Å². The first kappa shape index (κ1) is 22.1. The fourth-order valence-electron chi connectivity index (χ4n) is 3.12. The number of methoxy groups -OCH3 is 1. The Bertz CT molecular complexity index is 1050. The van der Waals surface area contributed by atoms with E-state index in [0.717, 1.165) is 17.0 Å². The maximum atomic E-state index is 14.4. The molecule has 3 rings (SSSR count). The molecule has 9 nitrogen and oxygen atoms in total. The summed E-state index contributed by atoms with van der Waals surface area (Å²) in [6.45, 7) is 2.45. The minimum Gasteiger partial charge on any atom is -0.496 e. The number of rotatable bonds is 5. The number of hydrogen-bond acceptors (Lipinski definition) is 7. The number of carboxylic acid groups (broad SMARTS) is 1. The van der Waals surface area contributed by atoms with Gasteiger partial charge in [0.05, 0.1) is 25.5 Å². The highest BCUT2D eigenvalue weighted by atomic mass is 19.3. The van der Waals surface area contributed by atoms with Gasteiger partial charge in [0, 0.05) is 19.2 Å².